The normalized spacial score (nSPS) is 12.3. The summed E-state index contributed by atoms with van der Waals surface area (Å²) >= 11 is 0. The van der Waals surface area contributed by atoms with Gasteiger partial charge >= 0.3 is 0 Å². The van der Waals surface area contributed by atoms with Crippen LogP contribution in [0.15, 0.2) is 49.1 Å². The highest BCUT2D eigenvalue weighted by Crippen LogP contribution is 2.16. The van der Waals surface area contributed by atoms with E-state index in [1.807, 2.05) is 12.4 Å². The van der Waals surface area contributed by atoms with E-state index < -0.39 is 0 Å². The zero-order chi connectivity index (χ0) is 14.2. The van der Waals surface area contributed by atoms with Gasteiger partial charge in [-0.15, -0.1) is 0 Å². The third-order valence-electron chi connectivity index (χ3n) is 3.92. The Morgan fingerprint density at radius 1 is 1.00 bits per heavy atom. The Hall–Kier alpha value is -1.70. The first-order chi connectivity index (χ1) is 9.83. The highest BCUT2D eigenvalue weighted by molar-refractivity contribution is 5.61. The SMILES string of the molecule is CCCCC(CC)C[n+]1ccc(-c2ccncc2)cc1. The lowest BCUT2D eigenvalue weighted by molar-refractivity contribution is -0.703. The molecule has 0 radical (unpaired) electrons. The van der Waals surface area contributed by atoms with E-state index in [9.17, 15) is 0 Å². The van der Waals surface area contributed by atoms with Gasteiger partial charge < -0.3 is 0 Å². The molecule has 0 saturated carbocycles. The Morgan fingerprint density at radius 2 is 1.65 bits per heavy atom. The Balaban J connectivity index is 2.01. The van der Waals surface area contributed by atoms with Crippen molar-refractivity contribution < 1.29 is 4.57 Å². The minimum atomic E-state index is 0.798. The molecule has 0 aliphatic carbocycles. The first kappa shape index (κ1) is 14.7. The Bertz CT molecular complexity index is 491. The monoisotopic (exact) mass is 269 g/mol. The number of rotatable bonds is 7. The molecule has 2 rings (SSSR count). The van der Waals surface area contributed by atoms with E-state index in [1.165, 1.54) is 36.8 Å². The number of nitrogens with zero attached hydrogens (tertiary/aromatic N) is 2. The van der Waals surface area contributed by atoms with E-state index >= 15 is 0 Å². The molecule has 0 fully saturated rings. The molecule has 0 spiro atoms. The van der Waals surface area contributed by atoms with Crippen molar-refractivity contribution in [1.82, 2.24) is 4.98 Å². The first-order valence-corrected chi connectivity index (χ1v) is 7.73. The van der Waals surface area contributed by atoms with Crippen LogP contribution < -0.4 is 4.57 Å². The van der Waals surface area contributed by atoms with Crippen molar-refractivity contribution in [3.05, 3.63) is 49.1 Å². The van der Waals surface area contributed by atoms with Crippen molar-refractivity contribution in [3.8, 4) is 11.1 Å². The molecule has 106 valence electrons. The second-order valence-corrected chi connectivity index (χ2v) is 5.44. The quantitative estimate of drug-likeness (QED) is 0.687. The molecule has 1 unspecified atom stereocenters. The zero-order valence-corrected chi connectivity index (χ0v) is 12.6. The summed E-state index contributed by atoms with van der Waals surface area (Å²) < 4.78 is 2.31. The van der Waals surface area contributed by atoms with Crippen LogP contribution in [0.1, 0.15) is 39.5 Å². The van der Waals surface area contributed by atoms with Crippen LogP contribution in [0.4, 0.5) is 0 Å². The first-order valence-electron chi connectivity index (χ1n) is 7.73. The average Bonchev–Trinajstić information content (AvgIpc) is 2.53. The van der Waals surface area contributed by atoms with Crippen LogP contribution in [0.5, 0.6) is 0 Å². The van der Waals surface area contributed by atoms with Crippen molar-refractivity contribution in [2.45, 2.75) is 46.1 Å². The topological polar surface area (TPSA) is 16.8 Å². The molecule has 2 aromatic rings. The van der Waals surface area contributed by atoms with Crippen LogP contribution in [0.3, 0.4) is 0 Å². The molecule has 20 heavy (non-hydrogen) atoms. The fraction of sp³-hybridized carbons (Fsp3) is 0.444. The van der Waals surface area contributed by atoms with Gasteiger partial charge in [0.2, 0.25) is 0 Å². The smallest absolute Gasteiger partial charge is 0.169 e. The molecule has 0 aliphatic rings. The minimum Gasteiger partial charge on any atom is -0.265 e. The van der Waals surface area contributed by atoms with Gasteiger partial charge in [0.15, 0.2) is 18.9 Å². The molecule has 0 bridgehead atoms. The molecule has 2 heterocycles. The van der Waals surface area contributed by atoms with Crippen molar-refractivity contribution in [2.75, 3.05) is 0 Å². The van der Waals surface area contributed by atoms with Crippen molar-refractivity contribution in [2.24, 2.45) is 5.92 Å². The van der Waals surface area contributed by atoms with Gasteiger partial charge in [-0.3, -0.25) is 4.98 Å². The van der Waals surface area contributed by atoms with Gasteiger partial charge in [-0.1, -0.05) is 26.7 Å². The van der Waals surface area contributed by atoms with Gasteiger partial charge in [0.1, 0.15) is 0 Å². The van der Waals surface area contributed by atoms with Crippen LogP contribution in [0.2, 0.25) is 0 Å². The van der Waals surface area contributed by atoms with Gasteiger partial charge in [-0.25, -0.2) is 4.57 Å². The van der Waals surface area contributed by atoms with E-state index in [1.54, 1.807) is 0 Å². The molecule has 2 heteroatoms. The predicted octanol–water partition coefficient (Wildman–Crippen LogP) is 4.25. The van der Waals surface area contributed by atoms with E-state index in [0.717, 1.165) is 12.5 Å². The van der Waals surface area contributed by atoms with Crippen LogP contribution in [-0.2, 0) is 6.54 Å². The number of aromatic nitrogens is 2. The molecule has 1 atom stereocenters. The second-order valence-electron chi connectivity index (χ2n) is 5.44. The van der Waals surface area contributed by atoms with Gasteiger partial charge in [0, 0.05) is 30.4 Å². The maximum atomic E-state index is 4.06. The minimum absolute atomic E-state index is 0.798. The molecule has 0 N–H and O–H groups in total. The Kier molecular flexibility index (Phi) is 5.72. The zero-order valence-electron chi connectivity index (χ0n) is 12.6. The summed E-state index contributed by atoms with van der Waals surface area (Å²) in [4.78, 5) is 4.06. The van der Waals surface area contributed by atoms with E-state index in [0.29, 0.717) is 0 Å². The average molecular weight is 269 g/mol. The molecular weight excluding hydrogens is 244 g/mol. The summed E-state index contributed by atoms with van der Waals surface area (Å²) in [6.45, 7) is 5.70. The van der Waals surface area contributed by atoms with Crippen LogP contribution in [-0.4, -0.2) is 4.98 Å². The van der Waals surface area contributed by atoms with Crippen LogP contribution in [0, 0.1) is 5.92 Å². The standard InChI is InChI=1S/C18H25N2/c1-3-5-6-16(4-2)15-20-13-9-18(10-14-20)17-7-11-19-12-8-17/h7-14,16H,3-6,15H2,1-2H3/q+1. The summed E-state index contributed by atoms with van der Waals surface area (Å²) in [6, 6.07) is 8.50. The summed E-state index contributed by atoms with van der Waals surface area (Å²) in [5.41, 5.74) is 2.48. The lowest BCUT2D eigenvalue weighted by atomic mass is 9.99. The van der Waals surface area contributed by atoms with Crippen LogP contribution in [0.25, 0.3) is 11.1 Å². The van der Waals surface area contributed by atoms with E-state index in [4.69, 9.17) is 0 Å². The maximum absolute atomic E-state index is 4.06. The Labute approximate surface area is 122 Å². The molecular formula is C18H25N2+. The summed E-state index contributed by atoms with van der Waals surface area (Å²) in [7, 11) is 0. The summed E-state index contributed by atoms with van der Waals surface area (Å²) in [5.74, 6) is 0.798. The Morgan fingerprint density at radius 3 is 2.25 bits per heavy atom. The largest absolute Gasteiger partial charge is 0.265 e. The number of unbranched alkanes of at least 4 members (excludes halogenated alkanes) is 1. The number of pyridine rings is 2. The predicted molar refractivity (Wildman–Crippen MR) is 83.2 cm³/mol. The second kappa shape index (κ2) is 7.78. The summed E-state index contributed by atoms with van der Waals surface area (Å²) in [6.07, 6.45) is 13.3. The van der Waals surface area contributed by atoms with Gasteiger partial charge in [0.05, 0.1) is 0 Å². The molecule has 0 aliphatic heterocycles. The fourth-order valence-electron chi connectivity index (χ4n) is 2.53. The molecule has 0 aromatic carbocycles. The fourth-order valence-corrected chi connectivity index (χ4v) is 2.53. The lowest BCUT2D eigenvalue weighted by Crippen LogP contribution is -2.36. The lowest BCUT2D eigenvalue weighted by Gasteiger charge is -2.10. The molecule has 0 saturated heterocycles. The highest BCUT2D eigenvalue weighted by atomic mass is 14.9. The van der Waals surface area contributed by atoms with Gasteiger partial charge in [0.25, 0.3) is 0 Å². The van der Waals surface area contributed by atoms with Gasteiger partial charge in [-0.2, -0.15) is 0 Å². The van der Waals surface area contributed by atoms with Crippen molar-refractivity contribution >= 4 is 0 Å². The van der Waals surface area contributed by atoms with E-state index in [-0.39, 0.29) is 0 Å². The van der Waals surface area contributed by atoms with Crippen molar-refractivity contribution in [1.29, 1.82) is 0 Å². The number of hydrogen-bond acceptors (Lipinski definition) is 1. The van der Waals surface area contributed by atoms with Gasteiger partial charge in [-0.05, 0) is 36.1 Å². The maximum Gasteiger partial charge on any atom is 0.169 e. The molecule has 2 aromatic heterocycles. The molecule has 0 amide bonds. The van der Waals surface area contributed by atoms with E-state index in [2.05, 4.69) is 60.1 Å². The van der Waals surface area contributed by atoms with Crippen molar-refractivity contribution in [3.63, 3.8) is 0 Å². The number of hydrogen-bond donors (Lipinski definition) is 0. The third kappa shape index (κ3) is 4.16. The third-order valence-corrected chi connectivity index (χ3v) is 3.92. The highest BCUT2D eigenvalue weighted by Gasteiger charge is 2.12. The summed E-state index contributed by atoms with van der Waals surface area (Å²) in [5, 5.41) is 0. The molecule has 2 nitrogen and oxygen atoms in total. The van der Waals surface area contributed by atoms with Crippen LogP contribution >= 0.6 is 0 Å².